The number of nitriles is 1. The van der Waals surface area contributed by atoms with E-state index in [1.807, 2.05) is 6.07 Å². The third-order valence-corrected chi connectivity index (χ3v) is 5.73. The number of para-hydroxylation sites is 1. The van der Waals surface area contributed by atoms with E-state index in [0.29, 0.717) is 26.3 Å². The quantitative estimate of drug-likeness (QED) is 0.283. The number of aromatic nitrogens is 1. The summed E-state index contributed by atoms with van der Waals surface area (Å²) in [7, 11) is 0. The van der Waals surface area contributed by atoms with E-state index in [1.165, 1.54) is 41.1 Å². The van der Waals surface area contributed by atoms with Crippen molar-refractivity contribution in [1.82, 2.24) is 4.57 Å². The Labute approximate surface area is 174 Å². The normalized spacial score (nSPS) is 11.9. The van der Waals surface area contributed by atoms with Crippen molar-refractivity contribution in [1.29, 1.82) is 5.26 Å². The topological polar surface area (TPSA) is 71.9 Å². The highest BCUT2D eigenvalue weighted by Crippen LogP contribution is 2.41. The summed E-state index contributed by atoms with van der Waals surface area (Å²) in [5.41, 5.74) is 0.512. The largest absolute Gasteiger partial charge is 0.312 e. The van der Waals surface area contributed by atoms with Crippen molar-refractivity contribution in [3.63, 3.8) is 0 Å². The highest BCUT2D eigenvalue weighted by molar-refractivity contribution is 7.99. The van der Waals surface area contributed by atoms with Gasteiger partial charge < -0.3 is 4.57 Å². The molecule has 0 saturated heterocycles. The van der Waals surface area contributed by atoms with Crippen molar-refractivity contribution in [2.45, 2.75) is 16.1 Å². The van der Waals surface area contributed by atoms with Gasteiger partial charge >= 0.3 is 0 Å². The molecule has 4 rings (SSSR count). The van der Waals surface area contributed by atoms with Crippen molar-refractivity contribution in [3.05, 3.63) is 100.0 Å². The molecule has 0 aliphatic heterocycles. The number of nitro benzene ring substituents is 1. The van der Waals surface area contributed by atoms with Crippen LogP contribution in [0.25, 0.3) is 10.9 Å². The monoisotopic (exact) mass is 421 g/mol. The molecule has 148 valence electrons. The first-order valence-electron chi connectivity index (χ1n) is 8.84. The van der Waals surface area contributed by atoms with Crippen molar-refractivity contribution in [3.8, 4) is 6.07 Å². The predicted octanol–water partition coefficient (Wildman–Crippen LogP) is 6.23. The highest BCUT2D eigenvalue weighted by Gasteiger charge is 2.22. The van der Waals surface area contributed by atoms with Crippen LogP contribution in [-0.4, -0.2) is 9.49 Å². The Hall–Kier alpha value is -3.70. The Bertz CT molecular complexity index is 1310. The van der Waals surface area contributed by atoms with Crippen LogP contribution in [0.5, 0.6) is 0 Å². The lowest BCUT2D eigenvalue weighted by Crippen LogP contribution is -2.06. The van der Waals surface area contributed by atoms with Crippen LogP contribution in [0, 0.1) is 27.3 Å². The maximum absolute atomic E-state index is 15.4. The molecule has 30 heavy (non-hydrogen) atoms. The molecule has 1 heterocycles. The van der Waals surface area contributed by atoms with Gasteiger partial charge in [0.05, 0.1) is 27.0 Å². The van der Waals surface area contributed by atoms with E-state index in [9.17, 15) is 19.8 Å². The average molecular weight is 421 g/mol. The Balaban J connectivity index is 1.88. The molecule has 0 radical (unpaired) electrons. The molecule has 8 heteroatoms. The Morgan fingerprint density at radius 3 is 2.53 bits per heavy atom. The zero-order chi connectivity index (χ0) is 21.3. The second kappa shape index (κ2) is 7.97. The fourth-order valence-corrected chi connectivity index (χ4v) is 4.27. The minimum Gasteiger partial charge on any atom is -0.312 e. The van der Waals surface area contributed by atoms with Crippen LogP contribution >= 0.6 is 11.8 Å². The SMILES string of the molecule is N#Cc1ccc2c(Sc3ccccc3[N+](=O)[O-])cn(C(F)c3ccccc3F)c2c1. The molecule has 0 saturated carbocycles. The second-order valence-electron chi connectivity index (χ2n) is 6.43. The van der Waals surface area contributed by atoms with E-state index in [-0.39, 0.29) is 11.3 Å². The molecule has 0 amide bonds. The van der Waals surface area contributed by atoms with Gasteiger partial charge in [0.1, 0.15) is 5.82 Å². The molecule has 1 atom stereocenters. The number of nitrogens with zero attached hydrogens (tertiary/aromatic N) is 3. The van der Waals surface area contributed by atoms with Crippen LogP contribution in [0.2, 0.25) is 0 Å². The average Bonchev–Trinajstić information content (AvgIpc) is 3.11. The van der Waals surface area contributed by atoms with Crippen molar-refractivity contribution in [2.24, 2.45) is 0 Å². The number of fused-ring (bicyclic) bond motifs is 1. The number of benzene rings is 3. The maximum atomic E-state index is 15.4. The number of rotatable bonds is 5. The lowest BCUT2D eigenvalue weighted by atomic mass is 10.1. The van der Waals surface area contributed by atoms with Crippen LogP contribution in [-0.2, 0) is 0 Å². The third-order valence-electron chi connectivity index (χ3n) is 4.61. The van der Waals surface area contributed by atoms with Gasteiger partial charge in [-0.05, 0) is 24.3 Å². The number of nitro groups is 1. The number of halogens is 2. The summed E-state index contributed by atoms with van der Waals surface area (Å²) in [5.74, 6) is -0.684. The lowest BCUT2D eigenvalue weighted by Gasteiger charge is -2.13. The van der Waals surface area contributed by atoms with Gasteiger partial charge in [0.25, 0.3) is 5.69 Å². The van der Waals surface area contributed by atoms with E-state index < -0.39 is 17.0 Å². The van der Waals surface area contributed by atoms with Crippen LogP contribution in [0.1, 0.15) is 17.4 Å². The molecule has 4 aromatic rings. The Morgan fingerprint density at radius 1 is 1.07 bits per heavy atom. The first kappa shape index (κ1) is 19.6. The van der Waals surface area contributed by atoms with Crippen LogP contribution in [0.4, 0.5) is 14.5 Å². The van der Waals surface area contributed by atoms with Crippen molar-refractivity contribution < 1.29 is 13.7 Å². The molecule has 3 aromatic carbocycles. The summed E-state index contributed by atoms with van der Waals surface area (Å²) in [6.45, 7) is 0. The summed E-state index contributed by atoms with van der Waals surface area (Å²) in [4.78, 5) is 11.8. The fourth-order valence-electron chi connectivity index (χ4n) is 3.19. The molecule has 0 bridgehead atoms. The van der Waals surface area contributed by atoms with Gasteiger partial charge in [-0.1, -0.05) is 48.2 Å². The van der Waals surface area contributed by atoms with Gasteiger partial charge in [-0.15, -0.1) is 0 Å². The first-order valence-corrected chi connectivity index (χ1v) is 9.65. The Kier molecular flexibility index (Phi) is 5.21. The smallest absolute Gasteiger partial charge is 0.283 e. The van der Waals surface area contributed by atoms with Crippen LogP contribution in [0.15, 0.2) is 82.7 Å². The zero-order valence-electron chi connectivity index (χ0n) is 15.3. The molecule has 0 spiro atoms. The van der Waals surface area contributed by atoms with E-state index in [0.717, 1.165) is 11.8 Å². The molecule has 1 unspecified atom stereocenters. The van der Waals surface area contributed by atoms with E-state index >= 15 is 4.39 Å². The summed E-state index contributed by atoms with van der Waals surface area (Å²) >= 11 is 1.12. The molecule has 0 aliphatic carbocycles. The van der Waals surface area contributed by atoms with Gasteiger partial charge in [-0.25, -0.2) is 8.78 Å². The number of alkyl halides is 1. The molecular formula is C22H13F2N3O2S. The molecule has 1 aromatic heterocycles. The van der Waals surface area contributed by atoms with E-state index in [1.54, 1.807) is 36.4 Å². The molecule has 0 N–H and O–H groups in total. The summed E-state index contributed by atoms with van der Waals surface area (Å²) < 4.78 is 30.8. The standard InChI is InChI=1S/C22H13F2N3O2S/c23-17-6-2-1-5-15(17)22(24)26-13-21(16-10-9-14(12-25)11-19(16)26)30-20-8-4-3-7-18(20)27(28)29/h1-11,13,22H. The fraction of sp³-hybridized carbons (Fsp3) is 0.0455. The molecular weight excluding hydrogens is 408 g/mol. The molecule has 0 fully saturated rings. The van der Waals surface area contributed by atoms with Gasteiger partial charge in [0.15, 0.2) is 0 Å². The minimum atomic E-state index is -1.83. The lowest BCUT2D eigenvalue weighted by molar-refractivity contribution is -0.387. The van der Waals surface area contributed by atoms with Crippen molar-refractivity contribution >= 4 is 28.4 Å². The van der Waals surface area contributed by atoms with E-state index in [4.69, 9.17) is 0 Å². The van der Waals surface area contributed by atoms with Crippen molar-refractivity contribution in [2.75, 3.05) is 0 Å². The van der Waals surface area contributed by atoms with Crippen LogP contribution in [0.3, 0.4) is 0 Å². The molecule has 5 nitrogen and oxygen atoms in total. The van der Waals surface area contributed by atoms with E-state index in [2.05, 4.69) is 0 Å². The third kappa shape index (κ3) is 3.51. The second-order valence-corrected chi connectivity index (χ2v) is 7.51. The first-order chi connectivity index (χ1) is 14.5. The number of hydrogen-bond acceptors (Lipinski definition) is 4. The zero-order valence-corrected chi connectivity index (χ0v) is 16.1. The summed E-state index contributed by atoms with van der Waals surface area (Å²) in [6.07, 6.45) is -0.340. The maximum Gasteiger partial charge on any atom is 0.283 e. The minimum absolute atomic E-state index is 0.0667. The van der Waals surface area contributed by atoms with Gasteiger partial charge in [0.2, 0.25) is 6.30 Å². The summed E-state index contributed by atoms with van der Waals surface area (Å²) in [6, 6.07) is 18.6. The number of hydrogen-bond donors (Lipinski definition) is 0. The Morgan fingerprint density at radius 2 is 1.80 bits per heavy atom. The van der Waals surface area contributed by atoms with Gasteiger partial charge in [0, 0.05) is 28.1 Å². The highest BCUT2D eigenvalue weighted by atomic mass is 32.2. The van der Waals surface area contributed by atoms with Gasteiger partial charge in [-0.2, -0.15) is 5.26 Å². The van der Waals surface area contributed by atoms with Gasteiger partial charge in [-0.3, -0.25) is 10.1 Å². The molecule has 0 aliphatic rings. The van der Waals surface area contributed by atoms with Crippen LogP contribution < -0.4 is 0 Å². The summed E-state index contributed by atoms with van der Waals surface area (Å²) in [5, 5.41) is 21.2. The predicted molar refractivity (Wildman–Crippen MR) is 110 cm³/mol.